The van der Waals surface area contributed by atoms with Crippen molar-refractivity contribution < 1.29 is 28.4 Å². The summed E-state index contributed by atoms with van der Waals surface area (Å²) in [6, 6.07) is 0. The summed E-state index contributed by atoms with van der Waals surface area (Å²) in [6.07, 6.45) is 6.16. The highest BCUT2D eigenvalue weighted by Crippen LogP contribution is 2.36. The topological polar surface area (TPSA) is 12.5 Å². The highest BCUT2D eigenvalue weighted by Gasteiger charge is 2.37. The molecule has 2 nitrogen and oxygen atoms in total. The Morgan fingerprint density at radius 1 is 1.26 bits per heavy atom. The number of rotatable bonds is 4. The Balaban J connectivity index is 0.00000324. The molecule has 0 N–H and O–H groups in total. The quantitative estimate of drug-likeness (QED) is 0.284. The summed E-state index contributed by atoms with van der Waals surface area (Å²) in [5, 5.41) is 0.320. The first-order valence-corrected chi connectivity index (χ1v) is 11.2. The van der Waals surface area contributed by atoms with E-state index in [1.807, 2.05) is 11.4 Å². The molecule has 1 saturated heterocycles. The van der Waals surface area contributed by atoms with Gasteiger partial charge < -0.3 is 28.4 Å². The van der Waals surface area contributed by atoms with Gasteiger partial charge in [-0.05, 0) is 31.0 Å². The fourth-order valence-electron chi connectivity index (χ4n) is 1.96. The van der Waals surface area contributed by atoms with Crippen LogP contribution in [0.15, 0.2) is 0 Å². The molecule has 0 amide bonds. The van der Waals surface area contributed by atoms with Crippen LogP contribution in [0, 0.1) is 0 Å². The van der Waals surface area contributed by atoms with E-state index in [0.717, 1.165) is 13.2 Å². The standard InChI is InChI=1S/C14H30NOSSi.HI/c1-14(2,3)18(5,6)16-12-11-15-10-8-7-9-13(15)17-4;/h7-12H2,1-6H3;1H/q+1;/p-1. The second-order valence-electron chi connectivity index (χ2n) is 6.65. The summed E-state index contributed by atoms with van der Waals surface area (Å²) >= 11 is 1.92. The van der Waals surface area contributed by atoms with Gasteiger partial charge in [-0.1, -0.05) is 20.8 Å². The van der Waals surface area contributed by atoms with E-state index < -0.39 is 8.32 Å². The van der Waals surface area contributed by atoms with E-state index in [-0.39, 0.29) is 24.0 Å². The molecular weight excluding hydrogens is 385 g/mol. The van der Waals surface area contributed by atoms with Crippen molar-refractivity contribution in [1.29, 1.82) is 0 Å². The molecule has 0 bridgehead atoms. The Hall–Kier alpha value is 0.957. The van der Waals surface area contributed by atoms with Gasteiger partial charge in [0.2, 0.25) is 4.99 Å². The van der Waals surface area contributed by atoms with Gasteiger partial charge in [0.25, 0.3) is 0 Å². The summed E-state index contributed by atoms with van der Waals surface area (Å²) in [6.45, 7) is 14.8. The van der Waals surface area contributed by atoms with E-state index in [1.165, 1.54) is 25.8 Å². The molecule has 0 atom stereocenters. The Morgan fingerprint density at radius 3 is 2.42 bits per heavy atom. The average molecular weight is 415 g/mol. The molecule has 0 spiro atoms. The molecule has 19 heavy (non-hydrogen) atoms. The van der Waals surface area contributed by atoms with Crippen LogP contribution in [0.25, 0.3) is 0 Å². The van der Waals surface area contributed by atoms with Crippen LogP contribution in [0.3, 0.4) is 0 Å². The number of piperidine rings is 1. The maximum atomic E-state index is 6.26. The summed E-state index contributed by atoms with van der Waals surface area (Å²) < 4.78 is 6.26. The molecule has 0 aromatic rings. The molecule has 0 aromatic carbocycles. The van der Waals surface area contributed by atoms with Crippen LogP contribution in [-0.4, -0.2) is 44.2 Å². The lowest BCUT2D eigenvalue weighted by atomic mass is 10.1. The van der Waals surface area contributed by atoms with Gasteiger partial charge >= 0.3 is 0 Å². The number of halogens is 1. The molecule has 1 aliphatic rings. The average Bonchev–Trinajstić information content (AvgIpc) is 2.28. The highest BCUT2D eigenvalue weighted by molar-refractivity contribution is 7.77. The number of hydrogen-bond donors (Lipinski definition) is 0. The summed E-state index contributed by atoms with van der Waals surface area (Å²) in [7, 11) is -1.56. The lowest BCUT2D eigenvalue weighted by molar-refractivity contribution is -0.00000498. The Labute approximate surface area is 141 Å². The predicted molar refractivity (Wildman–Crippen MR) is 86.9 cm³/mol. The van der Waals surface area contributed by atoms with Crippen molar-refractivity contribution in [3.63, 3.8) is 0 Å². The number of nitrogens with zero attached hydrogens (tertiary/aromatic N) is 1. The minimum absolute atomic E-state index is 0. The van der Waals surface area contributed by atoms with Crippen molar-refractivity contribution in [1.82, 2.24) is 4.90 Å². The zero-order valence-corrected chi connectivity index (χ0v) is 17.4. The van der Waals surface area contributed by atoms with E-state index in [2.05, 4.69) is 45.0 Å². The van der Waals surface area contributed by atoms with Crippen LogP contribution >= 0.6 is 0 Å². The van der Waals surface area contributed by atoms with Crippen molar-refractivity contribution in [2.75, 3.05) is 26.0 Å². The van der Waals surface area contributed by atoms with Gasteiger partial charge in [-0.15, -0.1) is 0 Å². The summed E-state index contributed by atoms with van der Waals surface area (Å²) in [5.41, 5.74) is 0. The lowest BCUT2D eigenvalue weighted by Crippen LogP contribution is -3.00. The monoisotopic (exact) mass is 415 g/mol. The van der Waals surface area contributed by atoms with Crippen molar-refractivity contribution in [2.45, 2.75) is 58.2 Å². The Bertz CT molecular complexity index is 302. The van der Waals surface area contributed by atoms with Gasteiger partial charge in [-0.2, -0.15) is 0 Å². The van der Waals surface area contributed by atoms with Crippen LogP contribution in [0.5, 0.6) is 0 Å². The van der Waals surface area contributed by atoms with Crippen LogP contribution < -0.4 is 24.0 Å². The van der Waals surface area contributed by atoms with Gasteiger partial charge in [0.15, 0.2) is 25.9 Å². The molecule has 0 saturated carbocycles. The third kappa shape index (κ3) is 6.07. The fraction of sp³-hybridized carbons (Fsp3) is 0.929. The molecular formula is C14H30INOSSi. The summed E-state index contributed by atoms with van der Waals surface area (Å²) in [4.78, 5) is 4.08. The first-order valence-electron chi connectivity index (χ1n) is 7.06. The zero-order valence-electron chi connectivity index (χ0n) is 13.4. The van der Waals surface area contributed by atoms with E-state index in [9.17, 15) is 0 Å². The number of likely N-dealkylation sites (tertiary alicyclic amines) is 1. The van der Waals surface area contributed by atoms with Gasteiger partial charge in [-0.3, -0.25) is 0 Å². The van der Waals surface area contributed by atoms with Gasteiger partial charge in [0, 0.05) is 26.1 Å². The first kappa shape index (κ1) is 20.0. The largest absolute Gasteiger partial charge is 1.00 e. The maximum absolute atomic E-state index is 6.26. The van der Waals surface area contributed by atoms with E-state index in [1.54, 1.807) is 4.99 Å². The molecule has 1 fully saturated rings. The molecule has 0 unspecified atom stereocenters. The zero-order chi connectivity index (χ0) is 13.8. The minimum atomic E-state index is -1.56. The van der Waals surface area contributed by atoms with Gasteiger partial charge in [0.05, 0.1) is 0 Å². The Morgan fingerprint density at radius 2 is 1.89 bits per heavy atom. The van der Waals surface area contributed by atoms with Crippen molar-refractivity contribution in [2.24, 2.45) is 0 Å². The molecule has 0 aliphatic carbocycles. The smallest absolute Gasteiger partial charge is 0.249 e. The van der Waals surface area contributed by atoms with E-state index in [4.69, 9.17) is 4.43 Å². The lowest BCUT2D eigenvalue weighted by Gasteiger charge is -2.36. The van der Waals surface area contributed by atoms with Crippen LogP contribution in [0.2, 0.25) is 18.1 Å². The molecule has 114 valence electrons. The predicted octanol–water partition coefficient (Wildman–Crippen LogP) is 0.340. The second kappa shape index (κ2) is 8.41. The molecule has 1 rings (SSSR count). The van der Waals surface area contributed by atoms with E-state index in [0.29, 0.717) is 5.04 Å². The SMILES string of the molecule is C[S+]=C1CCCCN1CCO[Si](C)(C)C(C)(C)C.[I-]. The van der Waals surface area contributed by atoms with Crippen molar-refractivity contribution in [3.8, 4) is 0 Å². The van der Waals surface area contributed by atoms with Gasteiger partial charge in [-0.25, -0.2) is 4.90 Å². The molecule has 5 heteroatoms. The molecule has 0 aromatic heterocycles. The van der Waals surface area contributed by atoms with Crippen molar-refractivity contribution in [3.05, 3.63) is 0 Å². The van der Waals surface area contributed by atoms with Gasteiger partial charge in [0.1, 0.15) is 0 Å². The molecule has 1 heterocycles. The van der Waals surface area contributed by atoms with Crippen LogP contribution in [0.4, 0.5) is 0 Å². The maximum Gasteiger partial charge on any atom is 0.249 e. The minimum Gasteiger partial charge on any atom is -1.00 e. The molecule has 1 aliphatic heterocycles. The van der Waals surface area contributed by atoms with E-state index >= 15 is 0 Å². The molecule has 0 radical (unpaired) electrons. The highest BCUT2D eigenvalue weighted by atomic mass is 127. The number of hydrogen-bond acceptors (Lipinski definition) is 1. The van der Waals surface area contributed by atoms with Crippen LogP contribution in [-0.2, 0) is 15.8 Å². The Kier molecular flexibility index (Phi) is 8.84. The third-order valence-corrected chi connectivity index (χ3v) is 9.76. The van der Waals surface area contributed by atoms with Crippen molar-refractivity contribution >= 4 is 24.7 Å². The van der Waals surface area contributed by atoms with Crippen LogP contribution in [0.1, 0.15) is 40.0 Å². The fourth-order valence-corrected chi connectivity index (χ4v) is 3.78. The normalized spacial score (nSPS) is 20.4. The second-order valence-corrected chi connectivity index (χ2v) is 12.3. The summed E-state index contributed by atoms with van der Waals surface area (Å²) in [5.74, 6) is 0. The first-order chi connectivity index (χ1) is 8.28. The third-order valence-electron chi connectivity index (χ3n) is 4.29.